The van der Waals surface area contributed by atoms with Gasteiger partial charge in [-0.05, 0) is 54.2 Å². The molecule has 0 amide bonds. The number of aromatic nitrogens is 2. The number of rotatable bonds is 1. The van der Waals surface area contributed by atoms with Gasteiger partial charge in [-0.15, -0.1) is 0 Å². The number of cyclic esters (lactones) is 1. The lowest BCUT2D eigenvalue weighted by Crippen LogP contribution is -2.42. The Morgan fingerprint density at radius 1 is 1.19 bits per heavy atom. The molecule has 0 radical (unpaired) electrons. The number of phenolic OH excluding ortho intramolecular Hbond substituents is 1. The number of carbonyl (C=O) groups excluding carboxylic acids is 1. The maximum Gasteiger partial charge on any atom is 0.316 e. The van der Waals surface area contributed by atoms with Crippen LogP contribution in [0.25, 0.3) is 22.3 Å². The molecular formula is C24H27IN2O4. The summed E-state index contributed by atoms with van der Waals surface area (Å²) in [6.07, 6.45) is 0.555. The minimum absolute atomic E-state index is 0.0164. The highest BCUT2D eigenvalue weighted by molar-refractivity contribution is 14.1. The van der Waals surface area contributed by atoms with Gasteiger partial charge in [0.15, 0.2) is 0 Å². The molecule has 5 rings (SSSR count). The van der Waals surface area contributed by atoms with Gasteiger partial charge in [-0.3, -0.25) is 9.59 Å². The largest absolute Gasteiger partial charge is 0.508 e. The van der Waals surface area contributed by atoms with Crippen molar-refractivity contribution in [2.45, 2.75) is 52.7 Å². The molecule has 3 aromatic rings. The van der Waals surface area contributed by atoms with Gasteiger partial charge in [0.2, 0.25) is 0 Å². The van der Waals surface area contributed by atoms with E-state index in [9.17, 15) is 14.7 Å². The second kappa shape index (κ2) is 8.98. The van der Waals surface area contributed by atoms with Gasteiger partial charge in [-0.1, -0.05) is 43.4 Å². The predicted octanol–water partition coefficient (Wildman–Crippen LogP) is 4.93. The van der Waals surface area contributed by atoms with Crippen LogP contribution in [0.5, 0.6) is 5.75 Å². The zero-order valence-corrected chi connectivity index (χ0v) is 20.6. The number of hydrogen-bond acceptors (Lipinski definition) is 5. The van der Waals surface area contributed by atoms with Gasteiger partial charge in [0.25, 0.3) is 5.56 Å². The number of hydrogen-bond donors (Lipinski definition) is 1. The molecule has 1 atom stereocenters. The Kier molecular flexibility index (Phi) is 6.73. The minimum atomic E-state index is -0.826. The topological polar surface area (TPSA) is 81.4 Å². The third kappa shape index (κ3) is 3.62. The van der Waals surface area contributed by atoms with Crippen molar-refractivity contribution in [3.63, 3.8) is 0 Å². The average Bonchev–Trinajstić information content (AvgIpc) is 3.15. The molecule has 2 aromatic heterocycles. The van der Waals surface area contributed by atoms with Crippen molar-refractivity contribution in [2.75, 3.05) is 4.93 Å². The van der Waals surface area contributed by atoms with Crippen LogP contribution in [-0.4, -0.2) is 25.6 Å². The fourth-order valence-corrected chi connectivity index (χ4v) is 4.14. The molecule has 1 aromatic carbocycles. The molecule has 7 heteroatoms. The molecule has 2 aliphatic heterocycles. The summed E-state index contributed by atoms with van der Waals surface area (Å²) in [5, 5.41) is 10.6. The molecule has 0 spiro atoms. The molecule has 0 aliphatic carbocycles. The van der Waals surface area contributed by atoms with E-state index in [1.807, 2.05) is 44.8 Å². The summed E-state index contributed by atoms with van der Waals surface area (Å²) in [7, 11) is 0. The van der Waals surface area contributed by atoms with Gasteiger partial charge in [0.1, 0.15) is 12.4 Å². The monoisotopic (exact) mass is 534 g/mol. The molecule has 0 fully saturated rings. The summed E-state index contributed by atoms with van der Waals surface area (Å²) < 4.78 is 7.01. The molecule has 1 unspecified atom stereocenters. The number of benzene rings is 1. The molecule has 31 heavy (non-hydrogen) atoms. The Morgan fingerprint density at radius 2 is 1.90 bits per heavy atom. The van der Waals surface area contributed by atoms with Crippen molar-refractivity contribution in [3.8, 4) is 17.1 Å². The molecular weight excluding hydrogens is 507 g/mol. The number of nitrogens with zero attached hydrogens (tertiary/aromatic N) is 2. The van der Waals surface area contributed by atoms with Crippen molar-refractivity contribution in [1.82, 2.24) is 9.55 Å². The van der Waals surface area contributed by atoms with Gasteiger partial charge >= 0.3 is 5.97 Å². The van der Waals surface area contributed by atoms with E-state index in [1.165, 1.54) is 0 Å². The first-order chi connectivity index (χ1) is 14.9. The smallest absolute Gasteiger partial charge is 0.316 e. The van der Waals surface area contributed by atoms with E-state index in [0.717, 1.165) is 33.4 Å². The molecule has 0 bridgehead atoms. The van der Waals surface area contributed by atoms with Crippen LogP contribution < -0.4 is 5.56 Å². The van der Waals surface area contributed by atoms with Crippen molar-refractivity contribution in [2.24, 2.45) is 0 Å². The van der Waals surface area contributed by atoms with Crippen LogP contribution in [0.3, 0.4) is 0 Å². The standard InChI is InChI=1S/C21H18N2O4.C2H6.CH3I/c1-3-21(2)15-8-17-18-12(6-11-7-13(24)4-5-16(11)22-18)9-23(17)19(25)14(15)10-27-20(21)26;2*1-2/h4-8,24H,3,9-10H2,1-2H3;1-2H3;1H3. The third-order valence-corrected chi connectivity index (χ3v) is 5.95. The van der Waals surface area contributed by atoms with Gasteiger partial charge in [0, 0.05) is 10.9 Å². The molecule has 0 saturated carbocycles. The lowest BCUT2D eigenvalue weighted by Gasteiger charge is -2.33. The van der Waals surface area contributed by atoms with E-state index in [2.05, 4.69) is 22.6 Å². The van der Waals surface area contributed by atoms with E-state index in [0.29, 0.717) is 18.5 Å². The van der Waals surface area contributed by atoms with Crippen LogP contribution in [-0.2, 0) is 28.1 Å². The summed E-state index contributed by atoms with van der Waals surface area (Å²) in [5.74, 6) is -0.108. The minimum Gasteiger partial charge on any atom is -0.508 e. The molecule has 164 valence electrons. The average molecular weight is 534 g/mol. The maximum absolute atomic E-state index is 13.1. The van der Waals surface area contributed by atoms with Crippen LogP contribution in [0.1, 0.15) is 50.8 Å². The number of fused-ring (bicyclic) bond motifs is 5. The third-order valence-electron chi connectivity index (χ3n) is 5.95. The van der Waals surface area contributed by atoms with Crippen LogP contribution in [0.4, 0.5) is 0 Å². The number of phenols is 1. The molecule has 4 heterocycles. The van der Waals surface area contributed by atoms with E-state index < -0.39 is 5.41 Å². The lowest BCUT2D eigenvalue weighted by molar-refractivity contribution is -0.153. The first-order valence-electron chi connectivity index (χ1n) is 10.4. The van der Waals surface area contributed by atoms with Crippen molar-refractivity contribution in [1.29, 1.82) is 0 Å². The molecule has 6 nitrogen and oxygen atoms in total. The second-order valence-corrected chi connectivity index (χ2v) is 7.45. The van der Waals surface area contributed by atoms with E-state index in [-0.39, 0.29) is 23.9 Å². The highest BCUT2D eigenvalue weighted by Gasteiger charge is 2.43. The maximum atomic E-state index is 13.1. The molecule has 2 aliphatic rings. The van der Waals surface area contributed by atoms with E-state index >= 15 is 0 Å². The second-order valence-electron chi connectivity index (χ2n) is 7.45. The highest BCUT2D eigenvalue weighted by atomic mass is 127. The predicted molar refractivity (Wildman–Crippen MR) is 131 cm³/mol. The van der Waals surface area contributed by atoms with Gasteiger partial charge in [-0.25, -0.2) is 4.98 Å². The normalized spacial score (nSPS) is 17.9. The van der Waals surface area contributed by atoms with Crippen molar-refractivity contribution in [3.05, 3.63) is 57.4 Å². The zero-order chi connectivity index (χ0) is 22.9. The Morgan fingerprint density at radius 3 is 2.58 bits per heavy atom. The number of ether oxygens (including phenoxy) is 1. The Bertz CT molecular complexity index is 1220. The van der Waals surface area contributed by atoms with Gasteiger partial charge in [-0.2, -0.15) is 0 Å². The number of carbonyl (C=O) groups is 1. The number of aromatic hydroxyl groups is 1. The highest BCUT2D eigenvalue weighted by Crippen LogP contribution is 2.39. The molecule has 0 saturated heterocycles. The number of pyridine rings is 2. The number of halogens is 1. The zero-order valence-electron chi connectivity index (χ0n) is 18.5. The van der Waals surface area contributed by atoms with Crippen LogP contribution >= 0.6 is 22.6 Å². The Labute approximate surface area is 195 Å². The van der Waals surface area contributed by atoms with Crippen molar-refractivity contribution >= 4 is 39.5 Å². The van der Waals surface area contributed by atoms with Gasteiger partial charge in [0.05, 0.1) is 34.4 Å². The first kappa shape index (κ1) is 23.2. The van der Waals surface area contributed by atoms with Crippen LogP contribution in [0.2, 0.25) is 0 Å². The van der Waals surface area contributed by atoms with Crippen LogP contribution in [0, 0.1) is 0 Å². The lowest BCUT2D eigenvalue weighted by atomic mass is 9.76. The summed E-state index contributed by atoms with van der Waals surface area (Å²) >= 11 is 2.15. The number of esters is 1. The summed E-state index contributed by atoms with van der Waals surface area (Å²) in [4.78, 5) is 32.2. The molecule has 1 N–H and O–H groups in total. The quantitative estimate of drug-likeness (QED) is 0.213. The fraction of sp³-hybridized carbons (Fsp3) is 0.375. The number of alkyl halides is 1. The van der Waals surface area contributed by atoms with Gasteiger partial charge < -0.3 is 14.4 Å². The Hall–Kier alpha value is -2.42. The summed E-state index contributed by atoms with van der Waals surface area (Å²) in [5.41, 5.74) is 3.52. The Balaban J connectivity index is 0.000000645. The SMILES string of the molecule is CC.CCC1(C)C(=O)OCc2c1cc1n(c2=O)Cc2cc3cc(O)ccc3nc2-1.CI. The van der Waals surface area contributed by atoms with Crippen molar-refractivity contribution < 1.29 is 14.6 Å². The summed E-state index contributed by atoms with van der Waals surface area (Å²) in [6, 6.07) is 8.92. The first-order valence-corrected chi connectivity index (χ1v) is 12.5. The van der Waals surface area contributed by atoms with E-state index in [1.54, 1.807) is 22.8 Å². The summed E-state index contributed by atoms with van der Waals surface area (Å²) in [6.45, 7) is 8.19. The van der Waals surface area contributed by atoms with Crippen LogP contribution in [0.15, 0.2) is 35.1 Å². The van der Waals surface area contributed by atoms with E-state index in [4.69, 9.17) is 9.72 Å². The fourth-order valence-electron chi connectivity index (χ4n) is 4.14.